The Morgan fingerprint density at radius 1 is 1.00 bits per heavy atom. The third kappa shape index (κ3) is 5.08. The Hall–Kier alpha value is -2.67. The Morgan fingerprint density at radius 2 is 1.63 bits per heavy atom. The molecule has 7 heteroatoms. The topological polar surface area (TPSA) is 75.4 Å². The summed E-state index contributed by atoms with van der Waals surface area (Å²) in [5, 5.41) is 3.50. The van der Waals surface area contributed by atoms with Gasteiger partial charge in [-0.05, 0) is 23.1 Å². The zero-order chi connectivity index (χ0) is 20.2. The Balaban J connectivity index is 0.00000256. The van der Waals surface area contributed by atoms with Gasteiger partial charge in [-0.15, -0.1) is 11.3 Å². The minimum absolute atomic E-state index is 0. The lowest BCUT2D eigenvalue weighted by molar-refractivity contribution is -0.115. The molecule has 0 fully saturated rings. The molecule has 1 aliphatic rings. The van der Waals surface area contributed by atoms with Crippen LogP contribution >= 0.6 is 11.3 Å². The fraction of sp³-hybridized carbons (Fsp3) is 0.217. The number of nitrogens with zero attached hydrogens (tertiary/aromatic N) is 1. The van der Waals surface area contributed by atoms with Crippen LogP contribution in [0.4, 0.5) is 5.00 Å². The number of nitrogens with two attached hydrogens (primary N) is 1. The summed E-state index contributed by atoms with van der Waals surface area (Å²) >= 11 is 1.47. The predicted molar refractivity (Wildman–Crippen MR) is 116 cm³/mol. The van der Waals surface area contributed by atoms with Crippen LogP contribution in [0.5, 0.6) is 0 Å². The highest BCUT2D eigenvalue weighted by molar-refractivity contribution is 7.17. The summed E-state index contributed by atoms with van der Waals surface area (Å²) in [6, 6.07) is 19.9. The maximum atomic E-state index is 12.5. The average Bonchev–Trinajstić information content (AvgIpc) is 3.06. The van der Waals surface area contributed by atoms with E-state index in [4.69, 9.17) is 5.73 Å². The lowest BCUT2D eigenvalue weighted by atomic mass is 10.0. The van der Waals surface area contributed by atoms with Crippen LogP contribution in [0.3, 0.4) is 0 Å². The van der Waals surface area contributed by atoms with Crippen LogP contribution in [0.15, 0.2) is 60.7 Å². The van der Waals surface area contributed by atoms with E-state index in [0.717, 1.165) is 42.1 Å². The lowest BCUT2D eigenvalue weighted by Gasteiger charge is -2.27. The van der Waals surface area contributed by atoms with Crippen LogP contribution in [-0.4, -0.2) is 23.3 Å². The number of carbonyl (C=O) groups is 2. The van der Waals surface area contributed by atoms with Gasteiger partial charge in [-0.1, -0.05) is 60.7 Å². The van der Waals surface area contributed by atoms with Crippen molar-refractivity contribution < 1.29 is 22.0 Å². The molecule has 2 aromatic carbocycles. The molecule has 3 aromatic rings. The monoisotopic (exact) mass is 440 g/mol. The third-order valence-corrected chi connectivity index (χ3v) is 6.22. The summed E-state index contributed by atoms with van der Waals surface area (Å²) < 4.78 is 0. The molecule has 0 atom stereocenters. The molecule has 5 nitrogen and oxygen atoms in total. The molecular weight excluding hydrogens is 418 g/mol. The molecule has 1 aromatic heterocycles. The van der Waals surface area contributed by atoms with E-state index in [-0.39, 0.29) is 24.7 Å². The first-order valence-electron chi connectivity index (χ1n) is 9.64. The van der Waals surface area contributed by atoms with Gasteiger partial charge < -0.3 is 23.5 Å². The highest BCUT2D eigenvalue weighted by Gasteiger charge is 2.27. The summed E-state index contributed by atoms with van der Waals surface area (Å²) in [4.78, 5) is 28.1. The van der Waals surface area contributed by atoms with E-state index in [9.17, 15) is 9.59 Å². The number of halogens is 1. The van der Waals surface area contributed by atoms with E-state index in [2.05, 4.69) is 22.3 Å². The molecule has 0 bridgehead atoms. The van der Waals surface area contributed by atoms with E-state index in [1.807, 2.05) is 48.5 Å². The quantitative estimate of drug-likeness (QED) is 0.589. The number of benzene rings is 2. The van der Waals surface area contributed by atoms with Gasteiger partial charge in [-0.3, -0.25) is 14.5 Å². The van der Waals surface area contributed by atoms with Crippen LogP contribution in [0.25, 0.3) is 0 Å². The number of fused-ring (bicyclic) bond motifs is 1. The standard InChI is InChI=1S/C23H23N3O2S.ClH/c24-22(28)21-18-11-12-26(14-17-9-5-2-6-10-17)15-19(18)29-23(21)25-20(27)13-16-7-3-1-4-8-16;/h1-10H,11-15H2,(H2,24,28)(H,25,27);1H/p-1. The molecule has 2 amide bonds. The molecule has 1 aliphatic heterocycles. The minimum atomic E-state index is -0.478. The van der Waals surface area contributed by atoms with Crippen molar-refractivity contribution in [3.05, 3.63) is 87.8 Å². The van der Waals surface area contributed by atoms with Gasteiger partial charge in [0.25, 0.3) is 5.91 Å². The number of anilines is 1. The molecule has 30 heavy (non-hydrogen) atoms. The van der Waals surface area contributed by atoms with E-state index in [1.54, 1.807) is 0 Å². The molecule has 0 saturated heterocycles. The number of nitrogens with one attached hydrogen (secondary N) is 1. The fourth-order valence-electron chi connectivity index (χ4n) is 3.73. The number of primary amides is 1. The molecule has 0 saturated carbocycles. The van der Waals surface area contributed by atoms with Crippen LogP contribution in [0.1, 0.15) is 31.9 Å². The molecule has 2 heterocycles. The van der Waals surface area contributed by atoms with Gasteiger partial charge in [0.15, 0.2) is 0 Å². The van der Waals surface area contributed by atoms with Gasteiger partial charge in [-0.25, -0.2) is 0 Å². The van der Waals surface area contributed by atoms with E-state index in [0.29, 0.717) is 10.6 Å². The Morgan fingerprint density at radius 3 is 2.27 bits per heavy atom. The third-order valence-electron chi connectivity index (χ3n) is 5.09. The zero-order valence-electron chi connectivity index (χ0n) is 16.4. The highest BCUT2D eigenvalue weighted by Crippen LogP contribution is 2.37. The van der Waals surface area contributed by atoms with E-state index in [1.165, 1.54) is 16.9 Å². The summed E-state index contributed by atoms with van der Waals surface area (Å²) in [5.74, 6) is -0.618. The lowest BCUT2D eigenvalue weighted by Crippen LogP contribution is -3.00. The Kier molecular flexibility index (Phi) is 7.26. The summed E-state index contributed by atoms with van der Waals surface area (Å²) in [6.45, 7) is 2.47. The zero-order valence-corrected chi connectivity index (χ0v) is 18.0. The second kappa shape index (κ2) is 9.89. The van der Waals surface area contributed by atoms with Crippen LogP contribution < -0.4 is 23.5 Å². The first-order valence-corrected chi connectivity index (χ1v) is 10.5. The SMILES string of the molecule is NC(=O)c1c(NC(=O)Cc2ccccc2)sc2c1CCN(Cc1ccccc1)C2.[Cl-]. The van der Waals surface area contributed by atoms with Crippen molar-refractivity contribution in [3.63, 3.8) is 0 Å². The molecule has 3 N–H and O–H groups in total. The maximum Gasteiger partial charge on any atom is 0.251 e. The van der Waals surface area contributed by atoms with Crippen molar-refractivity contribution >= 4 is 28.2 Å². The van der Waals surface area contributed by atoms with Crippen molar-refractivity contribution in [3.8, 4) is 0 Å². The second-order valence-electron chi connectivity index (χ2n) is 7.23. The van der Waals surface area contributed by atoms with E-state index >= 15 is 0 Å². The number of hydrogen-bond donors (Lipinski definition) is 2. The van der Waals surface area contributed by atoms with Crippen LogP contribution in [0.2, 0.25) is 0 Å². The smallest absolute Gasteiger partial charge is 0.251 e. The fourth-order valence-corrected chi connectivity index (χ4v) is 5.05. The van der Waals surface area contributed by atoms with Crippen molar-refractivity contribution in [2.45, 2.75) is 25.9 Å². The highest BCUT2D eigenvalue weighted by atomic mass is 35.5. The van der Waals surface area contributed by atoms with Gasteiger partial charge in [-0.2, -0.15) is 0 Å². The van der Waals surface area contributed by atoms with E-state index < -0.39 is 5.91 Å². The molecule has 156 valence electrons. The summed E-state index contributed by atoms with van der Waals surface area (Å²) in [7, 11) is 0. The number of carbonyl (C=O) groups excluding carboxylic acids is 2. The first kappa shape index (κ1) is 22.0. The van der Waals surface area contributed by atoms with Gasteiger partial charge in [0.1, 0.15) is 5.00 Å². The van der Waals surface area contributed by atoms with Gasteiger partial charge in [0.05, 0.1) is 12.0 Å². The van der Waals surface area contributed by atoms with Crippen molar-refractivity contribution in [2.24, 2.45) is 5.73 Å². The van der Waals surface area contributed by atoms with Crippen molar-refractivity contribution in [2.75, 3.05) is 11.9 Å². The predicted octanol–water partition coefficient (Wildman–Crippen LogP) is 0.590. The van der Waals surface area contributed by atoms with Gasteiger partial charge >= 0.3 is 0 Å². The molecule has 0 aliphatic carbocycles. The van der Waals surface area contributed by atoms with Crippen LogP contribution in [-0.2, 0) is 30.7 Å². The van der Waals surface area contributed by atoms with Crippen molar-refractivity contribution in [1.82, 2.24) is 4.90 Å². The Bertz CT molecular complexity index is 1020. The molecular formula is C23H23ClN3O2S-. The maximum absolute atomic E-state index is 12.5. The number of thiophene rings is 1. The van der Waals surface area contributed by atoms with Gasteiger partial charge in [0, 0.05) is 24.5 Å². The minimum Gasteiger partial charge on any atom is -1.00 e. The molecule has 0 unspecified atom stereocenters. The average molecular weight is 441 g/mol. The molecule has 4 rings (SSSR count). The molecule has 0 spiro atoms. The summed E-state index contributed by atoms with van der Waals surface area (Å²) in [5.41, 5.74) is 9.33. The second-order valence-corrected chi connectivity index (χ2v) is 8.33. The number of hydrogen-bond acceptors (Lipinski definition) is 4. The Labute approximate surface area is 186 Å². The van der Waals surface area contributed by atoms with Gasteiger partial charge in [0.2, 0.25) is 5.91 Å². The number of amides is 2. The summed E-state index contributed by atoms with van der Waals surface area (Å²) in [6.07, 6.45) is 1.02. The number of rotatable bonds is 6. The van der Waals surface area contributed by atoms with Crippen LogP contribution in [0, 0.1) is 0 Å². The normalized spacial score (nSPS) is 13.2. The molecule has 0 radical (unpaired) electrons. The first-order chi connectivity index (χ1) is 14.1. The van der Waals surface area contributed by atoms with Crippen molar-refractivity contribution in [1.29, 1.82) is 0 Å². The largest absolute Gasteiger partial charge is 1.00 e.